The molecule has 1 heteroatoms. The third-order valence-electron chi connectivity index (χ3n) is 3.04. The Kier molecular flexibility index (Phi) is 3.48. The zero-order valence-corrected chi connectivity index (χ0v) is 10.1. The zero-order chi connectivity index (χ0) is 12.1. The Labute approximate surface area is 103 Å². The molecule has 1 nitrogen and oxygen atoms in total. The fraction of sp³-hybridized carbons (Fsp3) is 0.250. The van der Waals surface area contributed by atoms with Crippen molar-refractivity contribution in [3.63, 3.8) is 0 Å². The van der Waals surface area contributed by atoms with Crippen molar-refractivity contribution in [3.05, 3.63) is 67.0 Å². The number of allylic oxidation sites excluding steroid dienone is 1. The monoisotopic (exact) mass is 226 g/mol. The Morgan fingerprint density at radius 2 is 2.06 bits per heavy atom. The largest absolute Gasteiger partial charge is 0.488 e. The molecule has 1 atom stereocenters. The first-order chi connectivity index (χ1) is 8.24. The molecule has 0 bridgehead atoms. The summed E-state index contributed by atoms with van der Waals surface area (Å²) in [5.41, 5.74) is 0.964. The smallest absolute Gasteiger partial charge is 0.131 e. The van der Waals surface area contributed by atoms with Crippen LogP contribution in [0.4, 0.5) is 0 Å². The molecule has 0 N–H and O–H groups in total. The summed E-state index contributed by atoms with van der Waals surface area (Å²) in [6.07, 6.45) is 8.92. The maximum Gasteiger partial charge on any atom is 0.131 e. The molecule has 0 amide bonds. The third kappa shape index (κ3) is 2.88. The maximum atomic E-state index is 5.86. The number of rotatable bonds is 4. The van der Waals surface area contributed by atoms with E-state index in [0.29, 0.717) is 0 Å². The predicted molar refractivity (Wildman–Crippen MR) is 72.5 cm³/mol. The predicted octanol–water partition coefficient (Wildman–Crippen LogP) is 4.34. The molecule has 88 valence electrons. The highest BCUT2D eigenvalue weighted by Crippen LogP contribution is 2.36. The van der Waals surface area contributed by atoms with Gasteiger partial charge in [-0.05, 0) is 18.1 Å². The lowest BCUT2D eigenvalue weighted by Crippen LogP contribution is -2.23. The second-order valence-corrected chi connectivity index (χ2v) is 4.44. The van der Waals surface area contributed by atoms with Crippen LogP contribution in [0.2, 0.25) is 0 Å². The lowest BCUT2D eigenvalue weighted by Gasteiger charge is -2.23. The van der Waals surface area contributed by atoms with E-state index in [2.05, 4.69) is 37.4 Å². The van der Waals surface area contributed by atoms with Gasteiger partial charge >= 0.3 is 0 Å². The number of hydrogen-bond donors (Lipinski definition) is 0. The molecule has 1 saturated heterocycles. The van der Waals surface area contributed by atoms with Gasteiger partial charge in [-0.1, -0.05) is 49.1 Å². The van der Waals surface area contributed by atoms with Crippen molar-refractivity contribution in [2.24, 2.45) is 0 Å². The van der Waals surface area contributed by atoms with E-state index < -0.39 is 0 Å². The van der Waals surface area contributed by atoms with Crippen LogP contribution < -0.4 is 0 Å². The average molecular weight is 226 g/mol. The molecule has 1 fully saturated rings. The lowest BCUT2D eigenvalue weighted by atomic mass is 9.94. The average Bonchev–Trinajstić information content (AvgIpc) is 2.71. The molecule has 17 heavy (non-hydrogen) atoms. The zero-order valence-electron chi connectivity index (χ0n) is 10.1. The summed E-state index contributed by atoms with van der Waals surface area (Å²) in [4.78, 5) is 0. The number of ether oxygens (including phenoxy) is 1. The van der Waals surface area contributed by atoms with Crippen molar-refractivity contribution < 1.29 is 4.74 Å². The number of benzene rings is 1. The van der Waals surface area contributed by atoms with Gasteiger partial charge in [0.05, 0.1) is 5.76 Å². The Hall–Kier alpha value is -1.76. The van der Waals surface area contributed by atoms with Crippen molar-refractivity contribution in [2.75, 3.05) is 0 Å². The lowest BCUT2D eigenvalue weighted by molar-refractivity contribution is 0.0907. The fourth-order valence-electron chi connectivity index (χ4n) is 2.13. The molecular weight excluding hydrogens is 208 g/mol. The molecule has 0 aromatic heterocycles. The summed E-state index contributed by atoms with van der Waals surface area (Å²) in [7, 11) is 0. The molecule has 0 spiro atoms. The Morgan fingerprint density at radius 3 is 2.65 bits per heavy atom. The summed E-state index contributed by atoms with van der Waals surface area (Å²) < 4.78 is 5.86. The van der Waals surface area contributed by atoms with Crippen LogP contribution in [0.1, 0.15) is 24.8 Å². The van der Waals surface area contributed by atoms with Crippen LogP contribution in [0.3, 0.4) is 0 Å². The van der Waals surface area contributed by atoms with Gasteiger partial charge in [0.25, 0.3) is 0 Å². The van der Waals surface area contributed by atoms with E-state index in [4.69, 9.17) is 4.74 Å². The van der Waals surface area contributed by atoms with Crippen LogP contribution in [0.15, 0.2) is 61.4 Å². The van der Waals surface area contributed by atoms with Gasteiger partial charge in [0, 0.05) is 12.8 Å². The minimum absolute atomic E-state index is 0.228. The van der Waals surface area contributed by atoms with Gasteiger partial charge in [0.2, 0.25) is 0 Å². The van der Waals surface area contributed by atoms with Crippen LogP contribution in [0, 0.1) is 0 Å². The molecule has 0 aliphatic carbocycles. The van der Waals surface area contributed by atoms with Crippen molar-refractivity contribution >= 4 is 6.08 Å². The van der Waals surface area contributed by atoms with Crippen LogP contribution in [0.25, 0.3) is 6.08 Å². The first kappa shape index (κ1) is 11.7. The number of hydrogen-bond acceptors (Lipinski definition) is 1. The van der Waals surface area contributed by atoms with E-state index in [1.165, 1.54) is 5.56 Å². The molecule has 0 radical (unpaired) electrons. The standard InChI is InChI=1S/C16H18O/c1-3-11-16(12-9-14(2)17-16)13-10-15-7-5-4-6-8-15/h3-8,10,13H,1-2,9,11-12H2/b13-10+. The Bertz CT molecular complexity index is 430. The SMILES string of the molecule is C=CCC1(/C=C/c2ccccc2)CCC(=C)O1. The van der Waals surface area contributed by atoms with Gasteiger partial charge in [0.1, 0.15) is 5.60 Å². The van der Waals surface area contributed by atoms with E-state index in [0.717, 1.165) is 25.0 Å². The van der Waals surface area contributed by atoms with Gasteiger partial charge < -0.3 is 4.74 Å². The minimum atomic E-state index is -0.228. The summed E-state index contributed by atoms with van der Waals surface area (Å²) in [5, 5.41) is 0. The summed E-state index contributed by atoms with van der Waals surface area (Å²) in [6, 6.07) is 10.3. The molecule has 1 unspecified atom stereocenters. The normalized spacial score (nSPS) is 23.9. The van der Waals surface area contributed by atoms with Crippen molar-refractivity contribution in [1.82, 2.24) is 0 Å². The highest BCUT2D eigenvalue weighted by Gasteiger charge is 2.33. The van der Waals surface area contributed by atoms with Crippen molar-refractivity contribution in [3.8, 4) is 0 Å². The quantitative estimate of drug-likeness (QED) is 0.694. The highest BCUT2D eigenvalue weighted by atomic mass is 16.5. The second kappa shape index (κ2) is 5.05. The first-order valence-electron chi connectivity index (χ1n) is 5.96. The minimum Gasteiger partial charge on any atom is -0.488 e. The van der Waals surface area contributed by atoms with Crippen LogP contribution in [-0.2, 0) is 4.74 Å². The first-order valence-corrected chi connectivity index (χ1v) is 5.96. The highest BCUT2D eigenvalue weighted by molar-refractivity contribution is 5.50. The summed E-state index contributed by atoms with van der Waals surface area (Å²) in [6.45, 7) is 7.70. The summed E-state index contributed by atoms with van der Waals surface area (Å²) in [5.74, 6) is 0.879. The van der Waals surface area contributed by atoms with Crippen molar-refractivity contribution in [1.29, 1.82) is 0 Å². The van der Waals surface area contributed by atoms with E-state index >= 15 is 0 Å². The van der Waals surface area contributed by atoms with Crippen LogP contribution in [0.5, 0.6) is 0 Å². The third-order valence-corrected chi connectivity index (χ3v) is 3.04. The molecule has 1 aromatic carbocycles. The van der Waals surface area contributed by atoms with Gasteiger partial charge in [-0.25, -0.2) is 0 Å². The van der Waals surface area contributed by atoms with Crippen molar-refractivity contribution in [2.45, 2.75) is 24.9 Å². The molecule has 2 rings (SSSR count). The van der Waals surface area contributed by atoms with Gasteiger partial charge in [0.15, 0.2) is 0 Å². The van der Waals surface area contributed by atoms with E-state index in [9.17, 15) is 0 Å². The second-order valence-electron chi connectivity index (χ2n) is 4.44. The van der Waals surface area contributed by atoms with E-state index in [-0.39, 0.29) is 5.60 Å². The van der Waals surface area contributed by atoms with Gasteiger partial charge in [-0.15, -0.1) is 6.58 Å². The molecular formula is C16H18O. The topological polar surface area (TPSA) is 9.23 Å². The maximum absolute atomic E-state index is 5.86. The van der Waals surface area contributed by atoms with E-state index in [1.807, 2.05) is 24.3 Å². The van der Waals surface area contributed by atoms with Gasteiger partial charge in [-0.2, -0.15) is 0 Å². The van der Waals surface area contributed by atoms with Gasteiger partial charge in [-0.3, -0.25) is 0 Å². The molecule has 1 aliphatic rings. The fourth-order valence-corrected chi connectivity index (χ4v) is 2.13. The molecule has 1 heterocycles. The van der Waals surface area contributed by atoms with Crippen LogP contribution >= 0.6 is 0 Å². The Balaban J connectivity index is 2.16. The van der Waals surface area contributed by atoms with Crippen LogP contribution in [-0.4, -0.2) is 5.60 Å². The molecule has 0 saturated carbocycles. The molecule has 1 aromatic rings. The summed E-state index contributed by atoms with van der Waals surface area (Å²) >= 11 is 0. The molecule has 1 aliphatic heterocycles. The Morgan fingerprint density at radius 1 is 1.29 bits per heavy atom. The van der Waals surface area contributed by atoms with E-state index in [1.54, 1.807) is 0 Å².